The summed E-state index contributed by atoms with van der Waals surface area (Å²) >= 11 is 0. The van der Waals surface area contributed by atoms with Crippen molar-refractivity contribution in [3.63, 3.8) is 0 Å². The maximum atomic E-state index is 10.5. The quantitative estimate of drug-likeness (QED) is 0.0850. The molecule has 62 heavy (non-hydrogen) atoms. The molecule has 6 heteroatoms. The molecule has 0 unspecified atom stereocenters. The van der Waals surface area contributed by atoms with Crippen LogP contribution in [0.5, 0.6) is 0 Å². The van der Waals surface area contributed by atoms with Crippen molar-refractivity contribution in [2.24, 2.45) is 0 Å². The summed E-state index contributed by atoms with van der Waals surface area (Å²) in [6.45, 7) is 13.9. The van der Waals surface area contributed by atoms with Gasteiger partial charge in [-0.05, 0) is 37.5 Å². The van der Waals surface area contributed by atoms with Crippen LogP contribution in [0.25, 0.3) is 56.4 Å². The Bertz CT molecular complexity index is 2760. The molecule has 2 heterocycles. The van der Waals surface area contributed by atoms with Crippen LogP contribution in [-0.4, -0.2) is 19.9 Å². The van der Waals surface area contributed by atoms with Gasteiger partial charge in [0.1, 0.15) is 23.3 Å². The molecule has 2 aromatic heterocycles. The number of benzene rings is 5. The SMILES string of the molecule is C=C/C=C(\C=C/C)c1nc(-c2ccc(C(C)(c3ccccc3)c3ccc(-c4nc(C(/C=C\C)=C/C=C)c(C#N)c(-c5ccccc5)n4)cc3)cc2)nc(-c2ccccc2)c1C#N. The fourth-order valence-electron chi connectivity index (χ4n) is 7.64. The molecule has 0 atom stereocenters. The largest absolute Gasteiger partial charge is 0.227 e. The van der Waals surface area contributed by atoms with Crippen molar-refractivity contribution in [2.45, 2.75) is 26.2 Å². The molecule has 298 valence electrons. The van der Waals surface area contributed by atoms with Gasteiger partial charge in [0.15, 0.2) is 11.6 Å². The van der Waals surface area contributed by atoms with Crippen LogP contribution in [0.3, 0.4) is 0 Å². The van der Waals surface area contributed by atoms with Gasteiger partial charge in [-0.15, -0.1) is 0 Å². The van der Waals surface area contributed by atoms with E-state index in [4.69, 9.17) is 19.9 Å². The van der Waals surface area contributed by atoms with Crippen molar-refractivity contribution in [3.8, 4) is 57.4 Å². The molecule has 0 bridgehead atoms. The van der Waals surface area contributed by atoms with E-state index < -0.39 is 5.41 Å². The van der Waals surface area contributed by atoms with E-state index in [2.05, 4.69) is 80.8 Å². The third-order valence-electron chi connectivity index (χ3n) is 10.8. The lowest BCUT2D eigenvalue weighted by Crippen LogP contribution is -2.25. The summed E-state index contributed by atoms with van der Waals surface area (Å²) in [7, 11) is 0. The number of hydrogen-bond acceptors (Lipinski definition) is 6. The Balaban J connectivity index is 1.35. The summed E-state index contributed by atoms with van der Waals surface area (Å²) in [4.78, 5) is 20.1. The fraction of sp³-hybridized carbons (Fsp3) is 0.0714. The van der Waals surface area contributed by atoms with Crippen molar-refractivity contribution >= 4 is 11.1 Å². The van der Waals surface area contributed by atoms with Gasteiger partial charge < -0.3 is 0 Å². The number of hydrogen-bond donors (Lipinski definition) is 0. The van der Waals surface area contributed by atoms with E-state index in [1.165, 1.54) is 0 Å². The van der Waals surface area contributed by atoms with Crippen molar-refractivity contribution in [3.05, 3.63) is 240 Å². The third-order valence-corrected chi connectivity index (χ3v) is 10.8. The lowest BCUT2D eigenvalue weighted by atomic mass is 9.71. The summed E-state index contributed by atoms with van der Waals surface area (Å²) < 4.78 is 0. The molecule has 0 N–H and O–H groups in total. The monoisotopic (exact) mass is 800 g/mol. The van der Waals surface area contributed by atoms with Gasteiger partial charge in [-0.1, -0.05) is 201 Å². The van der Waals surface area contributed by atoms with E-state index in [1.54, 1.807) is 12.2 Å². The second kappa shape index (κ2) is 19.2. The summed E-state index contributed by atoms with van der Waals surface area (Å²) in [6, 6.07) is 51.4. The highest BCUT2D eigenvalue weighted by molar-refractivity contribution is 5.84. The van der Waals surface area contributed by atoms with Gasteiger partial charge in [-0.3, -0.25) is 0 Å². The molecule has 0 fully saturated rings. The second-order valence-electron chi connectivity index (χ2n) is 14.6. The molecular formula is C56H44N6. The highest BCUT2D eigenvalue weighted by Crippen LogP contribution is 2.41. The molecule has 6 nitrogen and oxygen atoms in total. The van der Waals surface area contributed by atoms with E-state index in [1.807, 2.05) is 141 Å². The van der Waals surface area contributed by atoms with Crippen LogP contribution in [-0.2, 0) is 5.41 Å². The molecule has 7 aromatic rings. The van der Waals surface area contributed by atoms with Crippen LogP contribution in [0.4, 0.5) is 0 Å². The van der Waals surface area contributed by atoms with Crippen molar-refractivity contribution in [1.29, 1.82) is 10.5 Å². The topological polar surface area (TPSA) is 99.1 Å². The minimum absolute atomic E-state index is 0.397. The summed E-state index contributed by atoms with van der Waals surface area (Å²) in [5.74, 6) is 1.01. The highest BCUT2D eigenvalue weighted by Gasteiger charge is 2.32. The number of rotatable bonds is 13. The molecule has 0 saturated heterocycles. The van der Waals surface area contributed by atoms with Crippen LogP contribution in [0.1, 0.15) is 60.0 Å². The van der Waals surface area contributed by atoms with E-state index in [9.17, 15) is 10.5 Å². The Hall–Kier alpha value is -8.32. The van der Waals surface area contributed by atoms with Gasteiger partial charge in [0.25, 0.3) is 0 Å². The highest BCUT2D eigenvalue weighted by atomic mass is 14.9. The van der Waals surface area contributed by atoms with Crippen molar-refractivity contribution in [1.82, 2.24) is 19.9 Å². The molecule has 0 radical (unpaired) electrons. The first kappa shape index (κ1) is 41.8. The summed E-state index contributed by atoms with van der Waals surface area (Å²) in [5, 5.41) is 20.9. The zero-order valence-corrected chi connectivity index (χ0v) is 35.0. The standard InChI is InChI=1S/C56H44N6/c1-6-19-39(20-7-2)50-48(37-57)52(41-23-13-10-14-24-41)61-54(59-50)43-29-33-46(34-30-43)56(5,45-27-17-12-18-28-45)47-35-31-44(32-36-47)55-60-51(40(21-8-3)22-9-4)49(38-58)53(62-55)42-25-15-11-16-26-42/h6-36H,1,3H2,2,4-5H3/b20-7-,22-9-,39-19+,40-21+. The van der Waals surface area contributed by atoms with E-state index in [-0.39, 0.29) is 0 Å². The second-order valence-corrected chi connectivity index (χ2v) is 14.6. The van der Waals surface area contributed by atoms with Crippen LogP contribution in [0, 0.1) is 22.7 Å². The van der Waals surface area contributed by atoms with Gasteiger partial charge in [0.05, 0.1) is 22.8 Å². The van der Waals surface area contributed by atoms with Crippen molar-refractivity contribution < 1.29 is 0 Å². The lowest BCUT2D eigenvalue weighted by Gasteiger charge is -2.32. The molecule has 0 saturated carbocycles. The fourth-order valence-corrected chi connectivity index (χ4v) is 7.64. The van der Waals surface area contributed by atoms with Gasteiger partial charge in [0.2, 0.25) is 0 Å². The van der Waals surface area contributed by atoms with Crippen LogP contribution < -0.4 is 0 Å². The number of nitriles is 2. The predicted octanol–water partition coefficient (Wildman–Crippen LogP) is 13.3. The maximum Gasteiger partial charge on any atom is 0.160 e. The maximum absolute atomic E-state index is 10.5. The van der Waals surface area contributed by atoms with Crippen LogP contribution >= 0.6 is 0 Å². The van der Waals surface area contributed by atoms with E-state index in [0.29, 0.717) is 45.6 Å². The Morgan fingerprint density at radius 1 is 0.484 bits per heavy atom. The number of aromatic nitrogens is 4. The number of allylic oxidation sites excluding steroid dienone is 10. The molecule has 0 aliphatic carbocycles. The Morgan fingerprint density at radius 2 is 0.839 bits per heavy atom. The smallest absolute Gasteiger partial charge is 0.160 e. The van der Waals surface area contributed by atoms with Gasteiger partial charge in [-0.25, -0.2) is 19.9 Å². The Morgan fingerprint density at radius 3 is 1.18 bits per heavy atom. The molecule has 5 aromatic carbocycles. The first-order valence-electron chi connectivity index (χ1n) is 20.3. The third kappa shape index (κ3) is 8.40. The Kier molecular flexibility index (Phi) is 12.9. The van der Waals surface area contributed by atoms with Gasteiger partial charge >= 0.3 is 0 Å². The summed E-state index contributed by atoms with van der Waals surface area (Å²) in [6.07, 6.45) is 14.8. The average Bonchev–Trinajstić information content (AvgIpc) is 3.33. The molecule has 0 amide bonds. The average molecular weight is 801 g/mol. The Labute approximate surface area is 364 Å². The molecular weight excluding hydrogens is 757 g/mol. The summed E-state index contributed by atoms with van der Waals surface area (Å²) in [5.41, 5.74) is 10.5. The number of nitrogens with zero attached hydrogens (tertiary/aromatic N) is 6. The molecule has 7 rings (SSSR count). The normalized spacial score (nSPS) is 12.7. The van der Waals surface area contributed by atoms with Crippen LogP contribution in [0.15, 0.2) is 201 Å². The zero-order chi connectivity index (χ0) is 43.5. The minimum Gasteiger partial charge on any atom is -0.227 e. The molecule has 0 aliphatic rings. The first-order chi connectivity index (χ1) is 30.4. The first-order valence-corrected chi connectivity index (χ1v) is 20.3. The van der Waals surface area contributed by atoms with Crippen molar-refractivity contribution in [2.75, 3.05) is 0 Å². The van der Waals surface area contributed by atoms with Crippen LogP contribution in [0.2, 0.25) is 0 Å². The van der Waals surface area contributed by atoms with E-state index >= 15 is 0 Å². The van der Waals surface area contributed by atoms with Gasteiger partial charge in [0, 0.05) is 38.8 Å². The van der Waals surface area contributed by atoms with Gasteiger partial charge in [-0.2, -0.15) is 10.5 Å². The van der Waals surface area contributed by atoms with E-state index in [0.717, 1.165) is 50.1 Å². The predicted molar refractivity (Wildman–Crippen MR) is 253 cm³/mol. The molecule has 0 aliphatic heterocycles. The lowest BCUT2D eigenvalue weighted by molar-refractivity contribution is 0.692. The zero-order valence-electron chi connectivity index (χ0n) is 35.0. The molecule has 0 spiro atoms. The minimum atomic E-state index is -0.576.